The minimum Gasteiger partial charge on any atom is -0.480 e. The summed E-state index contributed by atoms with van der Waals surface area (Å²) in [5, 5.41) is 11.7. The van der Waals surface area contributed by atoms with Gasteiger partial charge >= 0.3 is 5.97 Å². The molecular weight excluding hydrogens is 270 g/mol. The normalized spacial score (nSPS) is 13.2. The van der Waals surface area contributed by atoms with Crippen LogP contribution in [-0.2, 0) is 14.3 Å². The molecule has 0 aliphatic carbocycles. The van der Waals surface area contributed by atoms with Gasteiger partial charge in [-0.1, -0.05) is 36.4 Å². The molecule has 2 unspecified atom stereocenters. The van der Waals surface area contributed by atoms with Crippen LogP contribution in [0.4, 0.5) is 0 Å². The SMILES string of the molecule is C=CCCC(NC(=O)C(OCC)c1ccccc1)C(=O)O. The molecule has 0 bridgehead atoms. The van der Waals surface area contributed by atoms with E-state index in [2.05, 4.69) is 11.9 Å². The Balaban J connectivity index is 2.80. The molecule has 0 saturated carbocycles. The van der Waals surface area contributed by atoms with E-state index in [0.29, 0.717) is 25.0 Å². The van der Waals surface area contributed by atoms with Crippen LogP contribution in [0.25, 0.3) is 0 Å². The number of amides is 1. The van der Waals surface area contributed by atoms with Crippen molar-refractivity contribution in [3.05, 3.63) is 48.6 Å². The molecule has 0 aromatic heterocycles. The maximum Gasteiger partial charge on any atom is 0.326 e. The van der Waals surface area contributed by atoms with Crippen LogP contribution in [0, 0.1) is 0 Å². The summed E-state index contributed by atoms with van der Waals surface area (Å²) in [6, 6.07) is 8.07. The molecule has 0 fully saturated rings. The summed E-state index contributed by atoms with van der Waals surface area (Å²) in [4.78, 5) is 23.5. The van der Waals surface area contributed by atoms with Gasteiger partial charge in [-0.3, -0.25) is 4.79 Å². The van der Waals surface area contributed by atoms with Gasteiger partial charge in [0.2, 0.25) is 0 Å². The van der Waals surface area contributed by atoms with E-state index in [1.165, 1.54) is 0 Å². The molecule has 21 heavy (non-hydrogen) atoms. The second-order valence-corrected chi connectivity index (χ2v) is 4.51. The number of ether oxygens (including phenoxy) is 1. The highest BCUT2D eigenvalue weighted by molar-refractivity contribution is 5.87. The molecule has 5 heteroatoms. The van der Waals surface area contributed by atoms with Gasteiger partial charge < -0.3 is 15.2 Å². The second kappa shape index (κ2) is 8.92. The van der Waals surface area contributed by atoms with Gasteiger partial charge in [-0.25, -0.2) is 4.79 Å². The number of carbonyl (C=O) groups is 2. The van der Waals surface area contributed by atoms with Gasteiger partial charge in [0.25, 0.3) is 5.91 Å². The summed E-state index contributed by atoms with van der Waals surface area (Å²) in [6.45, 7) is 5.70. The van der Waals surface area contributed by atoms with Crippen LogP contribution < -0.4 is 5.32 Å². The third-order valence-electron chi connectivity index (χ3n) is 2.95. The van der Waals surface area contributed by atoms with Crippen molar-refractivity contribution in [1.29, 1.82) is 0 Å². The van der Waals surface area contributed by atoms with Gasteiger partial charge in [-0.05, 0) is 25.3 Å². The largest absolute Gasteiger partial charge is 0.480 e. The number of carboxylic acid groups (broad SMARTS) is 1. The highest BCUT2D eigenvalue weighted by Gasteiger charge is 2.26. The standard InChI is InChI=1S/C16H21NO4/c1-3-5-11-13(16(19)20)17-15(18)14(21-4-2)12-9-7-6-8-10-12/h3,6-10,13-14H,1,4-5,11H2,2H3,(H,17,18)(H,19,20). The van der Waals surface area contributed by atoms with Crippen molar-refractivity contribution in [1.82, 2.24) is 5.32 Å². The lowest BCUT2D eigenvalue weighted by atomic mass is 10.1. The quantitative estimate of drug-likeness (QED) is 0.685. The number of allylic oxidation sites excluding steroid dienone is 1. The van der Waals surface area contributed by atoms with Crippen molar-refractivity contribution < 1.29 is 19.4 Å². The topological polar surface area (TPSA) is 75.6 Å². The van der Waals surface area contributed by atoms with Gasteiger partial charge in [-0.15, -0.1) is 6.58 Å². The van der Waals surface area contributed by atoms with Crippen LogP contribution in [0.5, 0.6) is 0 Å². The summed E-state index contributed by atoms with van der Waals surface area (Å²) in [6.07, 6.45) is 1.64. The third-order valence-corrected chi connectivity index (χ3v) is 2.95. The van der Waals surface area contributed by atoms with Crippen LogP contribution in [0.2, 0.25) is 0 Å². The minimum absolute atomic E-state index is 0.304. The fraction of sp³-hybridized carbons (Fsp3) is 0.375. The molecule has 2 atom stereocenters. The van der Waals surface area contributed by atoms with Crippen molar-refractivity contribution in [3.8, 4) is 0 Å². The molecule has 0 heterocycles. The molecule has 114 valence electrons. The Morgan fingerprint density at radius 3 is 2.57 bits per heavy atom. The molecule has 0 saturated heterocycles. The molecule has 1 aromatic rings. The Morgan fingerprint density at radius 2 is 2.05 bits per heavy atom. The average Bonchev–Trinajstić information content (AvgIpc) is 2.49. The summed E-state index contributed by atoms with van der Waals surface area (Å²) in [7, 11) is 0. The number of aliphatic carboxylic acids is 1. The van der Waals surface area contributed by atoms with Crippen molar-refractivity contribution in [2.45, 2.75) is 31.9 Å². The Morgan fingerprint density at radius 1 is 1.38 bits per heavy atom. The first kappa shape index (κ1) is 16.9. The molecule has 1 rings (SSSR count). The first-order chi connectivity index (χ1) is 10.1. The van der Waals surface area contributed by atoms with Crippen LogP contribution in [0.3, 0.4) is 0 Å². The Hall–Kier alpha value is -2.14. The monoisotopic (exact) mass is 291 g/mol. The van der Waals surface area contributed by atoms with Gasteiger partial charge in [0.1, 0.15) is 6.04 Å². The van der Waals surface area contributed by atoms with Crippen molar-refractivity contribution in [2.75, 3.05) is 6.61 Å². The second-order valence-electron chi connectivity index (χ2n) is 4.51. The van der Waals surface area contributed by atoms with Crippen LogP contribution in [-0.4, -0.2) is 29.6 Å². The summed E-state index contributed by atoms with van der Waals surface area (Å²) >= 11 is 0. The lowest BCUT2D eigenvalue weighted by Crippen LogP contribution is -2.43. The van der Waals surface area contributed by atoms with Gasteiger partial charge in [-0.2, -0.15) is 0 Å². The molecular formula is C16H21NO4. The smallest absolute Gasteiger partial charge is 0.326 e. The molecule has 0 radical (unpaired) electrons. The van der Waals surface area contributed by atoms with E-state index in [0.717, 1.165) is 0 Å². The maximum absolute atomic E-state index is 12.3. The predicted octanol–water partition coefficient (Wildman–Crippen LogP) is 2.30. The molecule has 1 amide bonds. The highest BCUT2D eigenvalue weighted by atomic mass is 16.5. The van der Waals surface area contributed by atoms with Crippen molar-refractivity contribution in [2.24, 2.45) is 0 Å². The van der Waals surface area contributed by atoms with Crippen LogP contribution in [0.15, 0.2) is 43.0 Å². The number of nitrogens with one attached hydrogen (secondary N) is 1. The molecule has 1 aromatic carbocycles. The molecule has 2 N–H and O–H groups in total. The van der Waals surface area contributed by atoms with Gasteiger partial charge in [0, 0.05) is 6.61 Å². The lowest BCUT2D eigenvalue weighted by molar-refractivity contribution is -0.144. The number of carbonyl (C=O) groups excluding carboxylic acids is 1. The van der Waals surface area contributed by atoms with E-state index in [9.17, 15) is 9.59 Å². The van der Waals surface area contributed by atoms with E-state index >= 15 is 0 Å². The first-order valence-electron chi connectivity index (χ1n) is 6.90. The predicted molar refractivity (Wildman–Crippen MR) is 79.8 cm³/mol. The van der Waals surface area contributed by atoms with Crippen LogP contribution in [0.1, 0.15) is 31.4 Å². The average molecular weight is 291 g/mol. The maximum atomic E-state index is 12.3. The number of rotatable bonds is 9. The number of hydrogen-bond donors (Lipinski definition) is 2. The number of hydrogen-bond acceptors (Lipinski definition) is 3. The molecule has 5 nitrogen and oxygen atoms in total. The first-order valence-corrected chi connectivity index (χ1v) is 6.90. The lowest BCUT2D eigenvalue weighted by Gasteiger charge is -2.20. The fourth-order valence-electron chi connectivity index (χ4n) is 1.91. The van der Waals surface area contributed by atoms with E-state index in [1.54, 1.807) is 37.3 Å². The Bertz CT molecular complexity index is 472. The van der Waals surface area contributed by atoms with Crippen LogP contribution >= 0.6 is 0 Å². The van der Waals surface area contributed by atoms with E-state index in [4.69, 9.17) is 9.84 Å². The Labute approximate surface area is 124 Å². The van der Waals surface area contributed by atoms with E-state index in [1.807, 2.05) is 6.07 Å². The van der Waals surface area contributed by atoms with Gasteiger partial charge in [0.15, 0.2) is 6.10 Å². The Kier molecular flexibility index (Phi) is 7.18. The zero-order valence-electron chi connectivity index (χ0n) is 12.1. The molecule has 0 spiro atoms. The van der Waals surface area contributed by atoms with E-state index < -0.39 is 24.0 Å². The zero-order valence-corrected chi connectivity index (χ0v) is 12.1. The zero-order chi connectivity index (χ0) is 15.7. The van der Waals surface area contributed by atoms with E-state index in [-0.39, 0.29) is 0 Å². The minimum atomic E-state index is -1.06. The molecule has 0 aliphatic heterocycles. The van der Waals surface area contributed by atoms with Gasteiger partial charge in [0.05, 0.1) is 0 Å². The van der Waals surface area contributed by atoms with Crippen molar-refractivity contribution in [3.63, 3.8) is 0 Å². The fourth-order valence-corrected chi connectivity index (χ4v) is 1.91. The number of benzene rings is 1. The highest BCUT2D eigenvalue weighted by Crippen LogP contribution is 2.17. The molecule has 0 aliphatic rings. The van der Waals surface area contributed by atoms with Crippen molar-refractivity contribution >= 4 is 11.9 Å². The summed E-state index contributed by atoms with van der Waals surface area (Å²) < 4.78 is 5.45. The number of carboxylic acids is 1. The third kappa shape index (κ3) is 5.39. The summed E-state index contributed by atoms with van der Waals surface area (Å²) in [5.74, 6) is -1.51. The summed E-state index contributed by atoms with van der Waals surface area (Å²) in [5.41, 5.74) is 0.699.